The molecule has 0 amide bonds. The van der Waals surface area contributed by atoms with Gasteiger partial charge in [-0.25, -0.2) is 9.59 Å². The van der Waals surface area contributed by atoms with Gasteiger partial charge in [0.15, 0.2) is 0 Å². The van der Waals surface area contributed by atoms with Gasteiger partial charge in [0.05, 0.1) is 44.2 Å². The Hall–Kier alpha value is -1.96. The molecule has 7 heteroatoms. The lowest BCUT2D eigenvalue weighted by Gasteiger charge is -2.08. The number of benzene rings is 1. The number of carbonyl (C=O) groups excluding carboxylic acids is 1. The van der Waals surface area contributed by atoms with E-state index >= 15 is 0 Å². The van der Waals surface area contributed by atoms with E-state index in [-0.39, 0.29) is 24.3 Å². The smallest absolute Gasteiger partial charge is 0.339 e. The van der Waals surface area contributed by atoms with Crippen LogP contribution < -0.4 is 0 Å². The van der Waals surface area contributed by atoms with Crippen molar-refractivity contribution in [1.29, 1.82) is 0 Å². The van der Waals surface area contributed by atoms with Crippen molar-refractivity contribution in [3.8, 4) is 0 Å². The highest BCUT2D eigenvalue weighted by Gasteiger charge is 2.16. The maximum atomic E-state index is 11.9. The van der Waals surface area contributed by atoms with Gasteiger partial charge in [0.25, 0.3) is 0 Å². The van der Waals surface area contributed by atoms with Gasteiger partial charge in [-0.2, -0.15) is 0 Å². The molecule has 0 unspecified atom stereocenters. The fraction of sp³-hybridized carbons (Fsp3) is 0.636. The molecular formula is C22H34O7. The molecule has 0 aliphatic carbocycles. The molecular weight excluding hydrogens is 376 g/mol. The van der Waals surface area contributed by atoms with Crippen molar-refractivity contribution in [1.82, 2.24) is 0 Å². The zero-order valence-corrected chi connectivity index (χ0v) is 17.4. The van der Waals surface area contributed by atoms with Crippen LogP contribution in [-0.4, -0.2) is 63.3 Å². The van der Waals surface area contributed by atoms with Crippen LogP contribution in [0.5, 0.6) is 0 Å². The Morgan fingerprint density at radius 1 is 0.724 bits per heavy atom. The molecule has 29 heavy (non-hydrogen) atoms. The number of ether oxygens (including phenoxy) is 4. The van der Waals surface area contributed by atoms with Gasteiger partial charge in [-0.15, -0.1) is 0 Å². The third-order valence-corrected chi connectivity index (χ3v) is 4.22. The van der Waals surface area contributed by atoms with Crippen molar-refractivity contribution < 1.29 is 33.6 Å². The molecule has 0 saturated carbocycles. The topological polar surface area (TPSA) is 91.3 Å². The van der Waals surface area contributed by atoms with Gasteiger partial charge in [-0.05, 0) is 18.6 Å². The van der Waals surface area contributed by atoms with E-state index < -0.39 is 11.9 Å². The number of unbranched alkanes of at least 4 members (excludes halogenated alkanes) is 5. The lowest BCUT2D eigenvalue weighted by Crippen LogP contribution is -2.16. The van der Waals surface area contributed by atoms with Crippen LogP contribution in [0.25, 0.3) is 0 Å². The van der Waals surface area contributed by atoms with Crippen LogP contribution >= 0.6 is 0 Å². The number of carbonyl (C=O) groups is 2. The lowest BCUT2D eigenvalue weighted by atomic mass is 10.1. The van der Waals surface area contributed by atoms with Gasteiger partial charge in [0.2, 0.25) is 0 Å². The molecule has 1 N–H and O–H groups in total. The van der Waals surface area contributed by atoms with Crippen LogP contribution in [-0.2, 0) is 18.9 Å². The number of carboxylic acid groups (broad SMARTS) is 1. The lowest BCUT2D eigenvalue weighted by molar-refractivity contribution is 0.000120. The zero-order chi connectivity index (χ0) is 21.2. The Balaban J connectivity index is 1.92. The van der Waals surface area contributed by atoms with Crippen LogP contribution in [0.3, 0.4) is 0 Å². The molecule has 0 aliphatic rings. The first-order valence-electron chi connectivity index (χ1n) is 10.4. The molecule has 0 atom stereocenters. The zero-order valence-electron chi connectivity index (χ0n) is 17.4. The highest BCUT2D eigenvalue weighted by Crippen LogP contribution is 2.10. The van der Waals surface area contributed by atoms with Crippen LogP contribution in [0.4, 0.5) is 0 Å². The molecule has 0 heterocycles. The summed E-state index contributed by atoms with van der Waals surface area (Å²) in [4.78, 5) is 23.0. The van der Waals surface area contributed by atoms with E-state index in [1.54, 1.807) is 12.1 Å². The van der Waals surface area contributed by atoms with Crippen molar-refractivity contribution in [2.45, 2.75) is 45.4 Å². The number of esters is 1. The van der Waals surface area contributed by atoms with Gasteiger partial charge in [0, 0.05) is 6.61 Å². The predicted molar refractivity (Wildman–Crippen MR) is 110 cm³/mol. The summed E-state index contributed by atoms with van der Waals surface area (Å²) in [7, 11) is 0. The molecule has 0 aromatic heterocycles. The molecule has 1 rings (SSSR count). The number of hydrogen-bond acceptors (Lipinski definition) is 6. The SMILES string of the molecule is CCCCCCCCOCCOCCOCCOC(=O)c1ccccc1C(=O)O. The van der Waals surface area contributed by atoms with E-state index in [4.69, 9.17) is 24.1 Å². The van der Waals surface area contributed by atoms with Crippen molar-refractivity contribution in [2.24, 2.45) is 0 Å². The first-order valence-corrected chi connectivity index (χ1v) is 10.4. The van der Waals surface area contributed by atoms with E-state index in [1.165, 1.54) is 44.2 Å². The molecule has 0 aliphatic heterocycles. The van der Waals surface area contributed by atoms with Crippen molar-refractivity contribution in [3.05, 3.63) is 35.4 Å². The molecule has 1 aromatic rings. The van der Waals surface area contributed by atoms with E-state index in [0.717, 1.165) is 13.0 Å². The quantitative estimate of drug-likeness (QED) is 0.289. The molecule has 1 aromatic carbocycles. The second kappa shape index (κ2) is 16.9. The summed E-state index contributed by atoms with van der Waals surface area (Å²) in [5.41, 5.74) is -0.0465. The number of aromatic carboxylic acids is 1. The van der Waals surface area contributed by atoms with Crippen molar-refractivity contribution in [2.75, 3.05) is 46.2 Å². The van der Waals surface area contributed by atoms with Crippen LogP contribution in [0.1, 0.15) is 66.2 Å². The summed E-state index contributed by atoms with van der Waals surface area (Å²) < 4.78 is 21.3. The fourth-order valence-electron chi connectivity index (χ4n) is 2.64. The minimum atomic E-state index is -1.16. The highest BCUT2D eigenvalue weighted by molar-refractivity contribution is 6.02. The van der Waals surface area contributed by atoms with Gasteiger partial charge in [-0.1, -0.05) is 51.2 Å². The Morgan fingerprint density at radius 2 is 1.24 bits per heavy atom. The Bertz CT molecular complexity index is 574. The first-order chi connectivity index (χ1) is 14.2. The van der Waals surface area contributed by atoms with E-state index in [1.807, 2.05) is 0 Å². The average Bonchev–Trinajstić information content (AvgIpc) is 2.73. The fourth-order valence-corrected chi connectivity index (χ4v) is 2.64. The predicted octanol–water partition coefficient (Wildman–Crippen LogP) is 3.95. The summed E-state index contributed by atoms with van der Waals surface area (Å²) in [5.74, 6) is -1.84. The molecule has 0 fully saturated rings. The van der Waals surface area contributed by atoms with E-state index in [9.17, 15) is 9.59 Å². The number of hydrogen-bond donors (Lipinski definition) is 1. The number of rotatable bonds is 18. The molecule has 164 valence electrons. The van der Waals surface area contributed by atoms with E-state index in [0.29, 0.717) is 26.4 Å². The Labute approximate surface area is 173 Å². The van der Waals surface area contributed by atoms with Gasteiger partial charge < -0.3 is 24.1 Å². The van der Waals surface area contributed by atoms with Crippen LogP contribution in [0, 0.1) is 0 Å². The molecule has 0 radical (unpaired) electrons. The van der Waals surface area contributed by atoms with E-state index in [2.05, 4.69) is 6.92 Å². The summed E-state index contributed by atoms with van der Waals surface area (Å²) in [6.07, 6.45) is 7.51. The molecule has 0 bridgehead atoms. The van der Waals surface area contributed by atoms with Crippen molar-refractivity contribution >= 4 is 11.9 Å². The van der Waals surface area contributed by atoms with Crippen LogP contribution in [0.2, 0.25) is 0 Å². The monoisotopic (exact) mass is 410 g/mol. The highest BCUT2D eigenvalue weighted by atomic mass is 16.6. The van der Waals surface area contributed by atoms with Crippen molar-refractivity contribution in [3.63, 3.8) is 0 Å². The van der Waals surface area contributed by atoms with Crippen LogP contribution in [0.15, 0.2) is 24.3 Å². The van der Waals surface area contributed by atoms with Gasteiger partial charge >= 0.3 is 11.9 Å². The molecule has 7 nitrogen and oxygen atoms in total. The second-order valence-electron chi connectivity index (χ2n) is 6.59. The minimum Gasteiger partial charge on any atom is -0.478 e. The normalized spacial score (nSPS) is 10.8. The summed E-state index contributed by atoms with van der Waals surface area (Å²) >= 11 is 0. The second-order valence-corrected chi connectivity index (χ2v) is 6.59. The summed E-state index contributed by atoms with van der Waals surface area (Å²) in [6, 6.07) is 5.94. The minimum absolute atomic E-state index is 0.0318. The molecule has 0 spiro atoms. The van der Waals surface area contributed by atoms with Gasteiger partial charge in [0.1, 0.15) is 6.61 Å². The molecule has 0 saturated heterocycles. The third kappa shape index (κ3) is 12.3. The third-order valence-electron chi connectivity index (χ3n) is 4.22. The summed E-state index contributed by atoms with van der Waals surface area (Å²) in [5, 5.41) is 9.07. The Morgan fingerprint density at radius 3 is 1.86 bits per heavy atom. The number of carboxylic acids is 1. The largest absolute Gasteiger partial charge is 0.478 e. The Kier molecular flexibility index (Phi) is 14.7. The maximum absolute atomic E-state index is 11.9. The average molecular weight is 411 g/mol. The first kappa shape index (κ1) is 25.1. The standard InChI is InChI=1S/C22H34O7/c1-2-3-4-5-6-9-12-26-13-14-27-15-16-28-17-18-29-22(25)20-11-8-7-10-19(20)21(23)24/h7-8,10-11H,2-6,9,12-18H2,1H3,(H,23,24). The maximum Gasteiger partial charge on any atom is 0.339 e. The van der Waals surface area contributed by atoms with Gasteiger partial charge in [-0.3, -0.25) is 0 Å². The summed E-state index contributed by atoms with van der Waals surface area (Å²) in [6.45, 7) is 5.20.